The van der Waals surface area contributed by atoms with E-state index in [0.717, 1.165) is 19.3 Å². The number of imidazole rings is 1. The molecule has 0 bridgehead atoms. The van der Waals surface area contributed by atoms with Gasteiger partial charge in [-0.2, -0.15) is 0 Å². The number of rotatable bonds is 10. The van der Waals surface area contributed by atoms with Crippen molar-refractivity contribution in [1.82, 2.24) is 30.6 Å². The van der Waals surface area contributed by atoms with Crippen LogP contribution in [0, 0.1) is 0 Å². The Morgan fingerprint density at radius 3 is 2.72 bits per heavy atom. The van der Waals surface area contributed by atoms with Gasteiger partial charge in [-0.3, -0.25) is 9.59 Å². The van der Waals surface area contributed by atoms with E-state index in [0.29, 0.717) is 17.6 Å². The maximum atomic E-state index is 12.2. The average molecular weight is 451 g/mol. The minimum atomic E-state index is -1.46. The fourth-order valence-electron chi connectivity index (χ4n) is 3.47. The van der Waals surface area contributed by atoms with Gasteiger partial charge in [0.25, 0.3) is 0 Å². The second kappa shape index (κ2) is 11.1. The molecule has 0 aromatic carbocycles. The molecule has 1 fully saturated rings. The van der Waals surface area contributed by atoms with Gasteiger partial charge in [0.1, 0.15) is 30.2 Å². The van der Waals surface area contributed by atoms with Gasteiger partial charge in [0.05, 0.1) is 25.5 Å². The minimum absolute atomic E-state index is 0.243. The van der Waals surface area contributed by atoms with Gasteiger partial charge < -0.3 is 41.0 Å². The van der Waals surface area contributed by atoms with Crippen LogP contribution < -0.4 is 16.0 Å². The van der Waals surface area contributed by atoms with E-state index in [1.165, 1.54) is 12.7 Å². The van der Waals surface area contributed by atoms with Gasteiger partial charge >= 0.3 is 0 Å². The molecule has 13 heteroatoms. The van der Waals surface area contributed by atoms with Crippen LogP contribution in [0.3, 0.4) is 0 Å². The number of hydrogen-bond acceptors (Lipinski definition) is 10. The van der Waals surface area contributed by atoms with Crippen LogP contribution in [0.4, 0.5) is 5.82 Å². The highest BCUT2D eigenvalue weighted by Crippen LogP contribution is 2.24. The predicted molar refractivity (Wildman–Crippen MR) is 112 cm³/mol. The molecule has 1 saturated heterocycles. The Bertz CT molecular complexity index is 907. The van der Waals surface area contributed by atoms with Crippen molar-refractivity contribution in [3.63, 3.8) is 0 Å². The second-order valence-electron chi connectivity index (χ2n) is 7.55. The monoisotopic (exact) mass is 451 g/mol. The lowest BCUT2D eigenvalue weighted by Crippen LogP contribution is -2.66. The van der Waals surface area contributed by atoms with Gasteiger partial charge in [-0.1, -0.05) is 19.8 Å². The first-order valence-electron chi connectivity index (χ1n) is 10.5. The first-order chi connectivity index (χ1) is 15.4. The van der Waals surface area contributed by atoms with Gasteiger partial charge in [0.2, 0.25) is 11.8 Å². The summed E-state index contributed by atoms with van der Waals surface area (Å²) in [5.74, 6) is -0.533. The molecule has 13 nitrogen and oxygen atoms in total. The second-order valence-corrected chi connectivity index (χ2v) is 7.55. The number of anilines is 1. The van der Waals surface area contributed by atoms with Crippen LogP contribution in [0.5, 0.6) is 0 Å². The van der Waals surface area contributed by atoms with Crippen molar-refractivity contribution in [2.45, 2.75) is 63.2 Å². The van der Waals surface area contributed by atoms with Crippen molar-refractivity contribution >= 4 is 28.8 Å². The number of fused-ring (bicyclic) bond motifs is 1. The number of nitrogens with one attached hydrogen (secondary N) is 4. The molecule has 176 valence electrons. The van der Waals surface area contributed by atoms with Crippen molar-refractivity contribution in [1.29, 1.82) is 0 Å². The smallest absolute Gasteiger partial charge is 0.239 e. The Hall–Kier alpha value is -2.87. The topological polar surface area (TPSA) is 195 Å². The van der Waals surface area contributed by atoms with E-state index >= 15 is 0 Å². The molecule has 3 rings (SSSR count). The summed E-state index contributed by atoms with van der Waals surface area (Å²) < 4.78 is 5.68. The van der Waals surface area contributed by atoms with Crippen molar-refractivity contribution in [3.8, 4) is 0 Å². The molecular weight excluding hydrogens is 422 g/mol. The standard InChI is InChI=1S/C19H29N7O6/c1-2-3-4-5-11(28)20-6-12(29)25-13-10(7-27)32-19(16(31)15(13)30)26-18-14-17(22-8-21-14)23-9-24-18/h8-10,13,15-16,19,27,30-31H,2-7H2,1H3,(H,20,28)(H,25,29)(H2,21,22,23,24,26)/t10-,13-,15+,16-,19-/m0/s1. The van der Waals surface area contributed by atoms with E-state index in [-0.39, 0.29) is 18.3 Å². The van der Waals surface area contributed by atoms with Crippen LogP contribution in [0.25, 0.3) is 11.2 Å². The molecule has 0 unspecified atom stereocenters. The molecule has 5 atom stereocenters. The number of aliphatic hydroxyl groups excluding tert-OH is 3. The van der Waals surface area contributed by atoms with Crippen LogP contribution in [0.1, 0.15) is 32.6 Å². The van der Waals surface area contributed by atoms with Crippen LogP contribution >= 0.6 is 0 Å². The number of ether oxygens (including phenoxy) is 1. The molecule has 0 radical (unpaired) electrons. The summed E-state index contributed by atoms with van der Waals surface area (Å²) in [6, 6.07) is -1.09. The fourth-order valence-corrected chi connectivity index (χ4v) is 3.47. The maximum absolute atomic E-state index is 12.2. The SMILES string of the molecule is CCCCCC(=O)NCC(=O)N[C@@H]1[C@@H](O)[C@H](O)[C@@H](Nc2ncnc3nc[nH]c23)O[C@H]1CO. The lowest BCUT2D eigenvalue weighted by atomic mass is 9.95. The highest BCUT2D eigenvalue weighted by molar-refractivity contribution is 5.85. The number of unbranched alkanes of at least 4 members (excludes halogenated alkanes) is 2. The van der Waals surface area contributed by atoms with E-state index in [1.807, 2.05) is 6.92 Å². The summed E-state index contributed by atoms with van der Waals surface area (Å²) in [7, 11) is 0. The Morgan fingerprint density at radius 1 is 1.16 bits per heavy atom. The molecule has 2 aromatic heterocycles. The van der Waals surface area contributed by atoms with Crippen LogP contribution in [0.15, 0.2) is 12.7 Å². The van der Waals surface area contributed by atoms with Gasteiger partial charge in [-0.25, -0.2) is 15.0 Å². The van der Waals surface area contributed by atoms with Crippen molar-refractivity contribution in [3.05, 3.63) is 12.7 Å². The van der Waals surface area contributed by atoms with E-state index < -0.39 is 43.1 Å². The largest absolute Gasteiger partial charge is 0.394 e. The van der Waals surface area contributed by atoms with E-state index in [9.17, 15) is 24.9 Å². The van der Waals surface area contributed by atoms with Crippen molar-refractivity contribution < 1.29 is 29.6 Å². The zero-order valence-electron chi connectivity index (χ0n) is 17.7. The number of carbonyl (C=O) groups excluding carboxylic acids is 2. The molecule has 0 spiro atoms. The zero-order valence-corrected chi connectivity index (χ0v) is 17.7. The summed E-state index contributed by atoms with van der Waals surface area (Å²) in [6.07, 6.45) is 0.626. The molecule has 0 saturated carbocycles. The summed E-state index contributed by atoms with van der Waals surface area (Å²) in [5.41, 5.74) is 0.873. The Labute approximate surface area is 184 Å². The van der Waals surface area contributed by atoms with Gasteiger partial charge in [-0.15, -0.1) is 0 Å². The molecule has 1 aliphatic rings. The summed E-state index contributed by atoms with van der Waals surface area (Å²) in [5, 5.41) is 38.8. The predicted octanol–water partition coefficient (Wildman–Crippen LogP) is -1.61. The highest BCUT2D eigenvalue weighted by atomic mass is 16.5. The number of H-pyrrole nitrogens is 1. The molecule has 1 aliphatic heterocycles. The quantitative estimate of drug-likeness (QED) is 0.206. The minimum Gasteiger partial charge on any atom is -0.394 e. The van der Waals surface area contributed by atoms with Crippen molar-refractivity contribution in [2.75, 3.05) is 18.5 Å². The third-order valence-electron chi connectivity index (χ3n) is 5.21. The van der Waals surface area contributed by atoms with Crippen molar-refractivity contribution in [2.24, 2.45) is 0 Å². The van der Waals surface area contributed by atoms with E-state index in [4.69, 9.17) is 4.74 Å². The highest BCUT2D eigenvalue weighted by Gasteiger charge is 2.45. The van der Waals surface area contributed by atoms with Crippen LogP contribution in [-0.4, -0.2) is 90.8 Å². The van der Waals surface area contributed by atoms with E-state index in [1.54, 1.807) is 0 Å². The number of aromatic nitrogens is 4. The van der Waals surface area contributed by atoms with Crippen LogP contribution in [-0.2, 0) is 14.3 Å². The van der Waals surface area contributed by atoms with Gasteiger partial charge in [0, 0.05) is 6.42 Å². The normalized spacial score (nSPS) is 25.4. The summed E-state index contributed by atoms with van der Waals surface area (Å²) >= 11 is 0. The maximum Gasteiger partial charge on any atom is 0.239 e. The molecular formula is C19H29N7O6. The number of nitrogens with zero attached hydrogens (tertiary/aromatic N) is 3. The van der Waals surface area contributed by atoms with Crippen LogP contribution in [0.2, 0.25) is 0 Å². The number of aromatic amines is 1. The summed E-state index contributed by atoms with van der Waals surface area (Å²) in [4.78, 5) is 39.0. The fraction of sp³-hybridized carbons (Fsp3) is 0.632. The summed E-state index contributed by atoms with van der Waals surface area (Å²) in [6.45, 7) is 1.21. The molecule has 7 N–H and O–H groups in total. The number of carbonyl (C=O) groups is 2. The molecule has 0 aliphatic carbocycles. The molecule has 2 amide bonds. The first-order valence-corrected chi connectivity index (χ1v) is 10.5. The number of aliphatic hydroxyl groups is 3. The number of amides is 2. The first kappa shape index (κ1) is 23.8. The third-order valence-corrected chi connectivity index (χ3v) is 5.21. The third kappa shape index (κ3) is 5.68. The average Bonchev–Trinajstić information content (AvgIpc) is 3.27. The molecule has 3 heterocycles. The Balaban J connectivity index is 1.58. The Morgan fingerprint density at radius 2 is 1.97 bits per heavy atom. The Kier molecular flexibility index (Phi) is 8.27. The van der Waals surface area contributed by atoms with E-state index in [2.05, 4.69) is 35.9 Å². The lowest BCUT2D eigenvalue weighted by molar-refractivity contribution is -0.185. The lowest BCUT2D eigenvalue weighted by Gasteiger charge is -2.42. The molecule has 2 aromatic rings. The van der Waals surface area contributed by atoms with Gasteiger partial charge in [-0.05, 0) is 6.42 Å². The number of hydrogen-bond donors (Lipinski definition) is 7. The zero-order chi connectivity index (χ0) is 23.1. The van der Waals surface area contributed by atoms with Gasteiger partial charge in [0.15, 0.2) is 17.7 Å². The molecule has 32 heavy (non-hydrogen) atoms.